The number of hydrogen-bond donors (Lipinski definition) is 0. The van der Waals surface area contributed by atoms with Crippen molar-refractivity contribution in [1.29, 1.82) is 0 Å². The lowest BCUT2D eigenvalue weighted by Crippen LogP contribution is -2.57. The smallest absolute Gasteiger partial charge is 0.338 e. The summed E-state index contributed by atoms with van der Waals surface area (Å²) >= 11 is 5.79. The third-order valence-corrected chi connectivity index (χ3v) is 6.64. The maximum atomic E-state index is 12.6. The number of ether oxygens (including phenoxy) is 1. The van der Waals surface area contributed by atoms with Crippen LogP contribution in [0.5, 0.6) is 0 Å². The normalized spacial score (nSPS) is 14.6. The van der Waals surface area contributed by atoms with Gasteiger partial charge in [0.1, 0.15) is 5.25 Å². The maximum Gasteiger partial charge on any atom is 0.338 e. The number of likely N-dealkylation sites (tertiary alicyclic amines) is 1. The minimum Gasteiger partial charge on any atom is -0.465 e. The zero-order valence-electron chi connectivity index (χ0n) is 13.9. The fraction of sp³-hybridized carbons (Fsp3) is 0.222. The van der Waals surface area contributed by atoms with E-state index < -0.39 is 27.0 Å². The van der Waals surface area contributed by atoms with Crippen molar-refractivity contribution in [3.8, 4) is 0 Å². The summed E-state index contributed by atoms with van der Waals surface area (Å²) in [6, 6.07) is 12.2. The zero-order chi connectivity index (χ0) is 18.9. The molecule has 1 saturated heterocycles. The standard InChI is InChI=1S/C18H16ClNO5S/c1-25-18(22)16-5-3-2-4-15(16)17(21)20-10-14(11-20)26(23,24)13-8-6-12(19)7-9-13/h2-9,14H,10-11H2,1H3. The second-order valence-electron chi connectivity index (χ2n) is 5.87. The average Bonchev–Trinajstić information content (AvgIpc) is 2.59. The second kappa shape index (κ2) is 7.09. The molecule has 0 unspecified atom stereocenters. The maximum absolute atomic E-state index is 12.6. The highest BCUT2D eigenvalue weighted by atomic mass is 35.5. The summed E-state index contributed by atoms with van der Waals surface area (Å²) in [6.45, 7) is 0.138. The molecule has 2 aromatic carbocycles. The van der Waals surface area contributed by atoms with Crippen molar-refractivity contribution < 1.29 is 22.7 Å². The Hall–Kier alpha value is -2.38. The van der Waals surface area contributed by atoms with Gasteiger partial charge in [-0.1, -0.05) is 23.7 Å². The largest absolute Gasteiger partial charge is 0.465 e. The van der Waals surface area contributed by atoms with E-state index in [9.17, 15) is 18.0 Å². The number of sulfone groups is 1. The first-order valence-electron chi connectivity index (χ1n) is 7.80. The van der Waals surface area contributed by atoms with Crippen molar-refractivity contribution in [2.24, 2.45) is 0 Å². The fourth-order valence-corrected chi connectivity index (χ4v) is 4.52. The lowest BCUT2D eigenvalue weighted by atomic mass is 10.0. The Morgan fingerprint density at radius 2 is 1.62 bits per heavy atom. The van der Waals surface area contributed by atoms with Gasteiger partial charge >= 0.3 is 5.97 Å². The number of amides is 1. The number of benzene rings is 2. The summed E-state index contributed by atoms with van der Waals surface area (Å²) in [6.07, 6.45) is 0. The van der Waals surface area contributed by atoms with Crippen molar-refractivity contribution in [3.63, 3.8) is 0 Å². The van der Waals surface area contributed by atoms with Gasteiger partial charge in [0.2, 0.25) is 0 Å². The van der Waals surface area contributed by atoms with Crippen LogP contribution in [0.2, 0.25) is 5.02 Å². The van der Waals surface area contributed by atoms with E-state index in [1.807, 2.05) is 0 Å². The first kappa shape index (κ1) is 18.4. The first-order chi connectivity index (χ1) is 12.3. The van der Waals surface area contributed by atoms with Crippen LogP contribution in [-0.2, 0) is 14.6 Å². The Balaban J connectivity index is 1.75. The van der Waals surface area contributed by atoms with Crippen LogP contribution in [0.3, 0.4) is 0 Å². The highest BCUT2D eigenvalue weighted by Gasteiger charge is 2.41. The molecule has 0 radical (unpaired) electrons. The van der Waals surface area contributed by atoms with E-state index in [2.05, 4.69) is 4.74 Å². The monoisotopic (exact) mass is 393 g/mol. The van der Waals surface area contributed by atoms with Gasteiger partial charge in [-0.2, -0.15) is 0 Å². The van der Waals surface area contributed by atoms with Gasteiger partial charge in [0, 0.05) is 18.1 Å². The van der Waals surface area contributed by atoms with Gasteiger partial charge in [0.05, 0.1) is 23.1 Å². The van der Waals surface area contributed by atoms with Crippen molar-refractivity contribution in [2.45, 2.75) is 10.1 Å². The van der Waals surface area contributed by atoms with Crippen molar-refractivity contribution >= 4 is 33.3 Å². The fourth-order valence-electron chi connectivity index (χ4n) is 2.74. The lowest BCUT2D eigenvalue weighted by Gasteiger charge is -2.38. The quantitative estimate of drug-likeness (QED) is 0.745. The summed E-state index contributed by atoms with van der Waals surface area (Å²) < 4.78 is 29.9. The van der Waals surface area contributed by atoms with E-state index in [0.29, 0.717) is 5.02 Å². The molecule has 0 atom stereocenters. The number of methoxy groups -OCH3 is 1. The lowest BCUT2D eigenvalue weighted by molar-refractivity contribution is 0.0578. The van der Waals surface area contributed by atoms with Gasteiger partial charge in [-0.25, -0.2) is 13.2 Å². The summed E-state index contributed by atoms with van der Waals surface area (Å²) in [5, 5.41) is -0.230. The summed E-state index contributed by atoms with van der Waals surface area (Å²) in [5.74, 6) is -1.01. The molecule has 3 rings (SSSR count). The highest BCUT2D eigenvalue weighted by molar-refractivity contribution is 7.92. The van der Waals surface area contributed by atoms with Crippen LogP contribution in [0, 0.1) is 0 Å². The number of esters is 1. The number of hydrogen-bond acceptors (Lipinski definition) is 5. The summed E-state index contributed by atoms with van der Waals surface area (Å²) in [5.41, 5.74) is 0.352. The average molecular weight is 394 g/mol. The molecule has 0 saturated carbocycles. The predicted molar refractivity (Wildman–Crippen MR) is 96.1 cm³/mol. The van der Waals surface area contributed by atoms with Crippen LogP contribution >= 0.6 is 11.6 Å². The Morgan fingerprint density at radius 1 is 1.04 bits per heavy atom. The van der Waals surface area contributed by atoms with Crippen LogP contribution < -0.4 is 0 Å². The van der Waals surface area contributed by atoms with Gasteiger partial charge in [0.25, 0.3) is 5.91 Å². The van der Waals surface area contributed by atoms with Gasteiger partial charge < -0.3 is 9.64 Å². The Labute approximate surface area is 156 Å². The Morgan fingerprint density at radius 3 is 2.19 bits per heavy atom. The number of carbonyl (C=O) groups is 2. The molecule has 26 heavy (non-hydrogen) atoms. The molecular formula is C18H16ClNO5S. The van der Waals surface area contributed by atoms with Gasteiger partial charge in [-0.05, 0) is 36.4 Å². The van der Waals surface area contributed by atoms with E-state index in [-0.39, 0.29) is 29.1 Å². The molecule has 2 aromatic rings. The third kappa shape index (κ3) is 3.32. The van der Waals surface area contributed by atoms with E-state index in [0.717, 1.165) is 0 Å². The molecule has 1 aliphatic rings. The molecule has 8 heteroatoms. The topological polar surface area (TPSA) is 80.8 Å². The van der Waals surface area contributed by atoms with Crippen LogP contribution in [-0.4, -0.2) is 50.6 Å². The van der Waals surface area contributed by atoms with Gasteiger partial charge in [0.15, 0.2) is 9.84 Å². The minimum atomic E-state index is -3.54. The van der Waals surface area contributed by atoms with E-state index in [1.165, 1.54) is 48.4 Å². The molecule has 0 aromatic heterocycles. The second-order valence-corrected chi connectivity index (χ2v) is 8.53. The third-order valence-electron chi connectivity index (χ3n) is 4.28. The molecular weight excluding hydrogens is 378 g/mol. The molecule has 0 spiro atoms. The van der Waals surface area contributed by atoms with E-state index in [4.69, 9.17) is 11.6 Å². The highest BCUT2D eigenvalue weighted by Crippen LogP contribution is 2.26. The van der Waals surface area contributed by atoms with Crippen LogP contribution in [0.25, 0.3) is 0 Å². The van der Waals surface area contributed by atoms with Gasteiger partial charge in [-0.3, -0.25) is 4.79 Å². The van der Waals surface area contributed by atoms with Crippen LogP contribution in [0.4, 0.5) is 0 Å². The molecule has 0 bridgehead atoms. The summed E-state index contributed by atoms with van der Waals surface area (Å²) in [7, 11) is -2.30. The predicted octanol–water partition coefficient (Wildman–Crippen LogP) is 2.42. The Kier molecular flexibility index (Phi) is 5.02. The molecule has 1 heterocycles. The number of halogens is 1. The molecule has 6 nitrogen and oxygen atoms in total. The number of nitrogens with zero attached hydrogens (tertiary/aromatic N) is 1. The number of carbonyl (C=O) groups excluding carboxylic acids is 2. The molecule has 1 amide bonds. The van der Waals surface area contributed by atoms with Crippen LogP contribution in [0.1, 0.15) is 20.7 Å². The first-order valence-corrected chi connectivity index (χ1v) is 9.73. The van der Waals surface area contributed by atoms with Gasteiger partial charge in [-0.15, -0.1) is 0 Å². The minimum absolute atomic E-state index is 0.0688. The molecule has 136 valence electrons. The van der Waals surface area contributed by atoms with Crippen LogP contribution in [0.15, 0.2) is 53.4 Å². The van der Waals surface area contributed by atoms with E-state index in [1.54, 1.807) is 12.1 Å². The van der Waals surface area contributed by atoms with Crippen molar-refractivity contribution in [1.82, 2.24) is 4.90 Å². The van der Waals surface area contributed by atoms with Crippen molar-refractivity contribution in [3.05, 3.63) is 64.7 Å². The molecule has 0 N–H and O–H groups in total. The molecule has 0 aliphatic carbocycles. The zero-order valence-corrected chi connectivity index (χ0v) is 15.5. The molecule has 1 aliphatic heterocycles. The molecule has 1 fully saturated rings. The summed E-state index contributed by atoms with van der Waals surface area (Å²) in [4.78, 5) is 26.0. The number of rotatable bonds is 4. The Bertz CT molecular complexity index is 950. The SMILES string of the molecule is COC(=O)c1ccccc1C(=O)N1CC(S(=O)(=O)c2ccc(Cl)cc2)C1. The van der Waals surface area contributed by atoms with Crippen molar-refractivity contribution in [2.75, 3.05) is 20.2 Å². The van der Waals surface area contributed by atoms with E-state index >= 15 is 0 Å².